The van der Waals surface area contributed by atoms with E-state index in [1.54, 1.807) is 0 Å². The zero-order chi connectivity index (χ0) is 25.8. The molecular formula is C30H50O6. The topological polar surface area (TPSA) is 63.2 Å². The summed E-state index contributed by atoms with van der Waals surface area (Å²) in [5.41, 5.74) is 2.05. The quantitative estimate of drug-likeness (QED) is 0.276. The first-order chi connectivity index (χ1) is 17.4. The molecule has 4 unspecified atom stereocenters. The summed E-state index contributed by atoms with van der Waals surface area (Å²) in [6, 6.07) is 0. The molecule has 5 atom stereocenters. The smallest absolute Gasteiger partial charge is 0.158 e. The first kappa shape index (κ1) is 29.5. The molecule has 3 saturated heterocycles. The van der Waals surface area contributed by atoms with Crippen molar-refractivity contribution in [2.75, 3.05) is 26.4 Å². The average Bonchev–Trinajstić information content (AvgIpc) is 3.03. The predicted molar refractivity (Wildman–Crippen MR) is 142 cm³/mol. The molecule has 206 valence electrons. The molecule has 0 N–H and O–H groups in total. The normalized spacial score (nSPS) is 31.6. The highest BCUT2D eigenvalue weighted by Gasteiger charge is 2.40. The standard InChI is InChI=1S/C30H50O6/c1-23(2)13-15-26(31)24(3)10-9-18-30(4)27(36-29-12-6-8-20-33-29)16-14-25(22-35-30)17-21-34-28-11-5-7-19-32-28/h13,17,24,27-29H,5-12,14-16,18-22H2,1-4H3/t24?,27-,28?,29?,30?/m1/s1. The van der Waals surface area contributed by atoms with E-state index >= 15 is 0 Å². The van der Waals surface area contributed by atoms with Gasteiger partial charge in [-0.25, -0.2) is 0 Å². The van der Waals surface area contributed by atoms with Gasteiger partial charge in [0.25, 0.3) is 0 Å². The van der Waals surface area contributed by atoms with E-state index < -0.39 is 5.60 Å². The molecule has 6 nitrogen and oxygen atoms in total. The Morgan fingerprint density at radius 3 is 2.47 bits per heavy atom. The SMILES string of the molecule is CC(C)=CCC(=O)C(C)CCCC1(C)OCC(=CCOC2CCCCO2)CC[C@H]1OC1CCCCO1. The fraction of sp³-hybridized carbons (Fsp3) is 0.833. The molecule has 3 rings (SSSR count). The van der Waals surface area contributed by atoms with Crippen molar-refractivity contribution < 1.29 is 28.5 Å². The van der Waals surface area contributed by atoms with Crippen molar-refractivity contribution in [2.45, 2.75) is 129 Å². The lowest BCUT2D eigenvalue weighted by molar-refractivity contribution is -0.232. The monoisotopic (exact) mass is 506 g/mol. The maximum Gasteiger partial charge on any atom is 0.158 e. The summed E-state index contributed by atoms with van der Waals surface area (Å²) >= 11 is 0. The number of hydrogen-bond acceptors (Lipinski definition) is 6. The van der Waals surface area contributed by atoms with Crippen molar-refractivity contribution in [2.24, 2.45) is 5.92 Å². The second kappa shape index (κ2) is 15.4. The average molecular weight is 507 g/mol. The molecule has 0 aromatic rings. The van der Waals surface area contributed by atoms with Crippen LogP contribution in [-0.4, -0.2) is 56.5 Å². The van der Waals surface area contributed by atoms with Crippen LogP contribution in [0.2, 0.25) is 0 Å². The Labute approximate surface area is 219 Å². The van der Waals surface area contributed by atoms with Gasteiger partial charge in [-0.15, -0.1) is 0 Å². The van der Waals surface area contributed by atoms with Crippen LogP contribution in [0.1, 0.15) is 105 Å². The van der Waals surface area contributed by atoms with Gasteiger partial charge in [0.1, 0.15) is 5.78 Å². The number of carbonyl (C=O) groups is 1. The van der Waals surface area contributed by atoms with Crippen LogP contribution in [0.3, 0.4) is 0 Å². The van der Waals surface area contributed by atoms with E-state index in [-0.39, 0.29) is 24.6 Å². The molecule has 0 bridgehead atoms. The van der Waals surface area contributed by atoms with Crippen molar-refractivity contribution in [3.63, 3.8) is 0 Å². The van der Waals surface area contributed by atoms with Gasteiger partial charge in [-0.2, -0.15) is 0 Å². The highest BCUT2D eigenvalue weighted by molar-refractivity contribution is 5.82. The van der Waals surface area contributed by atoms with Crippen molar-refractivity contribution in [3.05, 3.63) is 23.3 Å². The number of rotatable bonds is 12. The van der Waals surface area contributed by atoms with Crippen LogP contribution >= 0.6 is 0 Å². The fourth-order valence-corrected chi connectivity index (χ4v) is 5.19. The molecule has 3 aliphatic rings. The minimum absolute atomic E-state index is 0.0363. The third kappa shape index (κ3) is 10.0. The Hall–Kier alpha value is -1.05. The Kier molecular flexibility index (Phi) is 12.6. The van der Waals surface area contributed by atoms with E-state index in [2.05, 4.69) is 19.9 Å². The van der Waals surface area contributed by atoms with E-state index in [0.717, 1.165) is 77.4 Å². The molecule has 0 aliphatic carbocycles. The van der Waals surface area contributed by atoms with E-state index in [4.69, 9.17) is 23.7 Å². The van der Waals surface area contributed by atoms with Gasteiger partial charge in [-0.05, 0) is 97.0 Å². The Morgan fingerprint density at radius 2 is 1.81 bits per heavy atom. The zero-order valence-corrected chi connectivity index (χ0v) is 23.2. The Balaban J connectivity index is 1.56. The summed E-state index contributed by atoms with van der Waals surface area (Å²) in [6.45, 7) is 11.0. The summed E-state index contributed by atoms with van der Waals surface area (Å²) < 4.78 is 30.7. The van der Waals surface area contributed by atoms with E-state index in [1.165, 1.54) is 17.6 Å². The number of hydrogen-bond donors (Lipinski definition) is 0. The molecular weight excluding hydrogens is 456 g/mol. The van der Waals surface area contributed by atoms with Gasteiger partial charge in [0, 0.05) is 25.6 Å². The van der Waals surface area contributed by atoms with Crippen LogP contribution in [0.15, 0.2) is 23.3 Å². The highest BCUT2D eigenvalue weighted by Crippen LogP contribution is 2.35. The lowest BCUT2D eigenvalue weighted by Gasteiger charge is -2.38. The fourth-order valence-electron chi connectivity index (χ4n) is 5.19. The summed E-state index contributed by atoms with van der Waals surface area (Å²) in [5.74, 6) is 0.379. The molecule has 3 heterocycles. The maximum atomic E-state index is 12.5. The molecule has 6 heteroatoms. The third-order valence-electron chi connectivity index (χ3n) is 7.81. The summed E-state index contributed by atoms with van der Waals surface area (Å²) in [7, 11) is 0. The maximum absolute atomic E-state index is 12.5. The van der Waals surface area contributed by atoms with Crippen LogP contribution in [0, 0.1) is 5.92 Å². The summed E-state index contributed by atoms with van der Waals surface area (Å²) in [5, 5.41) is 0. The minimum atomic E-state index is -0.410. The molecule has 0 aromatic carbocycles. The lowest BCUT2D eigenvalue weighted by Crippen LogP contribution is -2.45. The molecule has 3 fully saturated rings. The van der Waals surface area contributed by atoms with Crippen molar-refractivity contribution >= 4 is 5.78 Å². The van der Waals surface area contributed by atoms with Gasteiger partial charge in [-0.3, -0.25) is 4.79 Å². The van der Waals surface area contributed by atoms with Crippen molar-refractivity contribution in [1.29, 1.82) is 0 Å². The van der Waals surface area contributed by atoms with E-state index in [0.29, 0.717) is 25.4 Å². The largest absolute Gasteiger partial charge is 0.368 e. The van der Waals surface area contributed by atoms with Crippen LogP contribution in [0.25, 0.3) is 0 Å². The molecule has 0 radical (unpaired) electrons. The number of ketones is 1. The van der Waals surface area contributed by atoms with Crippen LogP contribution < -0.4 is 0 Å². The van der Waals surface area contributed by atoms with Gasteiger partial charge in [0.2, 0.25) is 0 Å². The van der Waals surface area contributed by atoms with E-state index in [1.807, 2.05) is 19.9 Å². The second-order valence-corrected chi connectivity index (χ2v) is 11.3. The van der Waals surface area contributed by atoms with Crippen LogP contribution in [0.4, 0.5) is 0 Å². The highest BCUT2D eigenvalue weighted by atomic mass is 16.7. The van der Waals surface area contributed by atoms with Gasteiger partial charge in [0.05, 0.1) is 24.9 Å². The first-order valence-electron chi connectivity index (χ1n) is 14.3. The van der Waals surface area contributed by atoms with E-state index in [9.17, 15) is 4.79 Å². The third-order valence-corrected chi connectivity index (χ3v) is 7.81. The minimum Gasteiger partial charge on any atom is -0.368 e. The molecule has 0 amide bonds. The number of ether oxygens (including phenoxy) is 5. The Bertz CT molecular complexity index is 715. The number of allylic oxidation sites excluding steroid dienone is 2. The van der Waals surface area contributed by atoms with Gasteiger partial charge in [-0.1, -0.05) is 24.6 Å². The van der Waals surface area contributed by atoms with Crippen molar-refractivity contribution in [3.8, 4) is 0 Å². The van der Waals surface area contributed by atoms with Crippen LogP contribution in [0.5, 0.6) is 0 Å². The second-order valence-electron chi connectivity index (χ2n) is 11.3. The van der Waals surface area contributed by atoms with Crippen LogP contribution in [-0.2, 0) is 28.5 Å². The summed E-state index contributed by atoms with van der Waals surface area (Å²) in [4.78, 5) is 12.5. The first-order valence-corrected chi connectivity index (χ1v) is 14.3. The molecule has 0 saturated carbocycles. The predicted octanol–water partition coefficient (Wildman–Crippen LogP) is 6.67. The molecule has 3 aliphatic heterocycles. The molecule has 0 spiro atoms. The van der Waals surface area contributed by atoms with Gasteiger partial charge >= 0.3 is 0 Å². The van der Waals surface area contributed by atoms with Gasteiger partial charge < -0.3 is 23.7 Å². The lowest BCUT2D eigenvalue weighted by atomic mass is 9.87. The van der Waals surface area contributed by atoms with Gasteiger partial charge in [0.15, 0.2) is 12.6 Å². The zero-order valence-electron chi connectivity index (χ0n) is 23.2. The number of Topliss-reactive ketones (excluding diaryl/α,β-unsaturated/α-hetero) is 1. The number of carbonyl (C=O) groups excluding carboxylic acids is 1. The Morgan fingerprint density at radius 1 is 1.08 bits per heavy atom. The summed E-state index contributed by atoms with van der Waals surface area (Å²) in [6.07, 6.45) is 15.4. The molecule has 0 aromatic heterocycles. The van der Waals surface area contributed by atoms with Crippen molar-refractivity contribution in [1.82, 2.24) is 0 Å². The molecule has 36 heavy (non-hydrogen) atoms.